The molecule has 2 N–H and O–H groups in total. The number of aromatic amines is 1. The zero-order valence-electron chi connectivity index (χ0n) is 16.8. The average Bonchev–Trinajstić information content (AvgIpc) is 3.15. The molecule has 2 aromatic carbocycles. The molecule has 0 unspecified atom stereocenters. The molecule has 0 spiro atoms. The van der Waals surface area contributed by atoms with Crippen molar-refractivity contribution in [2.24, 2.45) is 0 Å². The maximum absolute atomic E-state index is 11.1. The molecule has 4 rings (SSSR count). The fourth-order valence-electron chi connectivity index (χ4n) is 4.26. The Labute approximate surface area is 165 Å². The van der Waals surface area contributed by atoms with E-state index in [1.165, 1.54) is 24.0 Å². The highest BCUT2D eigenvalue weighted by Gasteiger charge is 2.37. The number of aromatic carboxylic acids is 1. The summed E-state index contributed by atoms with van der Waals surface area (Å²) in [6.07, 6.45) is 4.22. The minimum absolute atomic E-state index is 0.147. The summed E-state index contributed by atoms with van der Waals surface area (Å²) < 4.78 is 0. The van der Waals surface area contributed by atoms with Gasteiger partial charge in [-0.15, -0.1) is 0 Å². The van der Waals surface area contributed by atoms with Crippen LogP contribution in [0, 0.1) is 0 Å². The molecule has 1 heterocycles. The number of H-pyrrole nitrogens is 1. The summed E-state index contributed by atoms with van der Waals surface area (Å²) in [6, 6.07) is 13.7. The lowest BCUT2D eigenvalue weighted by molar-refractivity contribution is 0.0697. The minimum Gasteiger partial charge on any atom is -0.478 e. The lowest BCUT2D eigenvalue weighted by Gasteiger charge is -2.42. The first-order valence-corrected chi connectivity index (χ1v) is 9.71. The molecule has 1 aliphatic carbocycles. The number of rotatable bonds is 3. The van der Waals surface area contributed by atoms with Crippen molar-refractivity contribution < 1.29 is 9.90 Å². The fraction of sp³-hybridized carbons (Fsp3) is 0.333. The first-order chi connectivity index (χ1) is 13.2. The van der Waals surface area contributed by atoms with E-state index < -0.39 is 5.97 Å². The fourth-order valence-corrected chi connectivity index (χ4v) is 4.26. The zero-order valence-corrected chi connectivity index (χ0v) is 16.8. The number of carboxylic acid groups (broad SMARTS) is 1. The summed E-state index contributed by atoms with van der Waals surface area (Å²) in [5.41, 5.74) is 7.46. The van der Waals surface area contributed by atoms with Crippen LogP contribution < -0.4 is 0 Å². The predicted molar refractivity (Wildman–Crippen MR) is 112 cm³/mol. The quantitative estimate of drug-likeness (QED) is 0.610. The summed E-state index contributed by atoms with van der Waals surface area (Å²) >= 11 is 0. The van der Waals surface area contributed by atoms with Gasteiger partial charge < -0.3 is 5.11 Å². The minimum atomic E-state index is -0.920. The van der Waals surface area contributed by atoms with E-state index in [9.17, 15) is 4.79 Å². The van der Waals surface area contributed by atoms with E-state index in [-0.39, 0.29) is 16.4 Å². The third-order valence-corrected chi connectivity index (χ3v) is 6.22. The number of nitrogens with one attached hydrogen (secondary N) is 1. The molecule has 4 nitrogen and oxygen atoms in total. The van der Waals surface area contributed by atoms with Crippen molar-refractivity contribution in [2.75, 3.05) is 0 Å². The molecule has 1 aromatic heterocycles. The Morgan fingerprint density at radius 2 is 1.54 bits per heavy atom. The van der Waals surface area contributed by atoms with Crippen LogP contribution in [0.15, 0.2) is 48.7 Å². The molecule has 0 saturated heterocycles. The molecule has 28 heavy (non-hydrogen) atoms. The Bertz CT molecular complexity index is 1040. The first kappa shape index (κ1) is 18.5. The number of nitrogens with zero attached hydrogens (tertiary/aromatic N) is 1. The van der Waals surface area contributed by atoms with Gasteiger partial charge >= 0.3 is 5.97 Å². The number of hydrogen-bond donors (Lipinski definition) is 2. The SMILES string of the molecule is CC1(C)CCC(C)(C)c2cc(-c3cn[nH]c3-c3ccc(C(=O)O)cc3)ccc21. The maximum Gasteiger partial charge on any atom is 0.335 e. The third-order valence-electron chi connectivity index (χ3n) is 6.22. The highest BCUT2D eigenvalue weighted by atomic mass is 16.4. The Balaban J connectivity index is 1.80. The van der Waals surface area contributed by atoms with Gasteiger partial charge in [0, 0.05) is 11.1 Å². The highest BCUT2D eigenvalue weighted by molar-refractivity contribution is 5.89. The van der Waals surface area contributed by atoms with E-state index in [1.54, 1.807) is 12.1 Å². The van der Waals surface area contributed by atoms with Crippen LogP contribution in [0.25, 0.3) is 22.4 Å². The number of carboxylic acids is 1. The van der Waals surface area contributed by atoms with Crippen LogP contribution in [0.3, 0.4) is 0 Å². The topological polar surface area (TPSA) is 66.0 Å². The molecule has 0 aliphatic heterocycles. The van der Waals surface area contributed by atoms with Crippen LogP contribution in [-0.4, -0.2) is 21.3 Å². The Hall–Kier alpha value is -2.88. The molecular weight excluding hydrogens is 348 g/mol. The molecule has 0 saturated carbocycles. The second-order valence-electron chi connectivity index (χ2n) is 9.07. The van der Waals surface area contributed by atoms with Gasteiger partial charge in [-0.3, -0.25) is 5.10 Å². The number of carbonyl (C=O) groups is 1. The molecule has 0 radical (unpaired) electrons. The molecule has 0 atom stereocenters. The van der Waals surface area contributed by atoms with Crippen LogP contribution in [0.4, 0.5) is 0 Å². The van der Waals surface area contributed by atoms with Gasteiger partial charge in [0.25, 0.3) is 0 Å². The van der Waals surface area contributed by atoms with E-state index in [0.717, 1.165) is 22.4 Å². The second-order valence-corrected chi connectivity index (χ2v) is 9.07. The zero-order chi connectivity index (χ0) is 20.1. The molecular formula is C24H26N2O2. The van der Waals surface area contributed by atoms with Gasteiger partial charge in [-0.05, 0) is 52.5 Å². The maximum atomic E-state index is 11.1. The lowest BCUT2D eigenvalue weighted by atomic mass is 9.63. The highest BCUT2D eigenvalue weighted by Crippen LogP contribution is 2.47. The summed E-state index contributed by atoms with van der Waals surface area (Å²) in [5.74, 6) is -0.920. The average molecular weight is 374 g/mol. The van der Waals surface area contributed by atoms with Gasteiger partial charge in [-0.25, -0.2) is 4.79 Å². The van der Waals surface area contributed by atoms with Crippen molar-refractivity contribution in [1.82, 2.24) is 10.2 Å². The molecule has 4 heteroatoms. The van der Waals surface area contributed by atoms with Crippen LogP contribution in [0.5, 0.6) is 0 Å². The van der Waals surface area contributed by atoms with Gasteiger partial charge in [0.05, 0.1) is 17.5 Å². The van der Waals surface area contributed by atoms with E-state index in [0.29, 0.717) is 0 Å². The Kier molecular flexibility index (Phi) is 4.18. The molecule has 0 amide bonds. The lowest BCUT2D eigenvalue weighted by Crippen LogP contribution is -2.33. The van der Waals surface area contributed by atoms with Gasteiger partial charge in [-0.1, -0.05) is 58.0 Å². The number of benzene rings is 2. The van der Waals surface area contributed by atoms with E-state index in [4.69, 9.17) is 5.11 Å². The van der Waals surface area contributed by atoms with Crippen LogP contribution in [-0.2, 0) is 10.8 Å². The molecule has 3 aromatic rings. The smallest absolute Gasteiger partial charge is 0.335 e. The second kappa shape index (κ2) is 6.33. The molecule has 0 fully saturated rings. The molecule has 0 bridgehead atoms. The van der Waals surface area contributed by atoms with Crippen molar-refractivity contribution in [3.05, 3.63) is 65.4 Å². The first-order valence-electron chi connectivity index (χ1n) is 9.71. The van der Waals surface area contributed by atoms with E-state index >= 15 is 0 Å². The van der Waals surface area contributed by atoms with Gasteiger partial charge in [-0.2, -0.15) is 5.10 Å². The Morgan fingerprint density at radius 3 is 2.18 bits per heavy atom. The van der Waals surface area contributed by atoms with Gasteiger partial charge in [0.2, 0.25) is 0 Å². The van der Waals surface area contributed by atoms with Crippen molar-refractivity contribution in [2.45, 2.75) is 51.4 Å². The van der Waals surface area contributed by atoms with Crippen LogP contribution in [0.1, 0.15) is 62.0 Å². The summed E-state index contributed by atoms with van der Waals surface area (Å²) in [4.78, 5) is 11.1. The number of aromatic nitrogens is 2. The van der Waals surface area contributed by atoms with E-state index in [2.05, 4.69) is 56.1 Å². The van der Waals surface area contributed by atoms with Crippen molar-refractivity contribution >= 4 is 5.97 Å². The summed E-state index contributed by atoms with van der Waals surface area (Å²) in [7, 11) is 0. The number of hydrogen-bond acceptors (Lipinski definition) is 2. The monoisotopic (exact) mass is 374 g/mol. The molecule has 1 aliphatic rings. The normalized spacial score (nSPS) is 17.1. The third kappa shape index (κ3) is 3.03. The summed E-state index contributed by atoms with van der Waals surface area (Å²) in [5, 5.41) is 16.5. The van der Waals surface area contributed by atoms with Crippen molar-refractivity contribution in [3.8, 4) is 22.4 Å². The number of fused-ring (bicyclic) bond motifs is 1. The van der Waals surface area contributed by atoms with Crippen LogP contribution >= 0.6 is 0 Å². The Morgan fingerprint density at radius 1 is 0.929 bits per heavy atom. The van der Waals surface area contributed by atoms with E-state index in [1.807, 2.05) is 18.3 Å². The summed E-state index contributed by atoms with van der Waals surface area (Å²) in [6.45, 7) is 9.31. The van der Waals surface area contributed by atoms with Crippen molar-refractivity contribution in [1.29, 1.82) is 0 Å². The predicted octanol–water partition coefficient (Wildman–Crippen LogP) is 5.79. The molecule has 144 valence electrons. The largest absolute Gasteiger partial charge is 0.478 e. The van der Waals surface area contributed by atoms with Gasteiger partial charge in [0.15, 0.2) is 0 Å². The van der Waals surface area contributed by atoms with Crippen molar-refractivity contribution in [3.63, 3.8) is 0 Å². The van der Waals surface area contributed by atoms with Crippen LogP contribution in [0.2, 0.25) is 0 Å². The standard InChI is InChI=1S/C24H26N2O2/c1-23(2)11-12-24(3,4)20-13-17(9-10-19(20)23)18-14-25-26-21(18)15-5-7-16(8-6-15)22(27)28/h5-10,13-14H,11-12H2,1-4H3,(H,25,26)(H,27,28). The van der Waals surface area contributed by atoms with Gasteiger partial charge in [0.1, 0.15) is 0 Å².